The molecule has 1 atom stereocenters. The van der Waals surface area contributed by atoms with Crippen LogP contribution in [0.2, 0.25) is 0 Å². The van der Waals surface area contributed by atoms with Crippen LogP contribution in [-0.4, -0.2) is 11.6 Å². The SMILES string of the molecule is CCCOc1cncc(C(N)c2ccc(Br)s2)c1. The molecule has 0 bridgehead atoms. The van der Waals surface area contributed by atoms with Gasteiger partial charge in [0.25, 0.3) is 0 Å². The average molecular weight is 327 g/mol. The van der Waals surface area contributed by atoms with E-state index in [1.807, 2.05) is 18.2 Å². The van der Waals surface area contributed by atoms with Crippen molar-refractivity contribution >= 4 is 27.3 Å². The summed E-state index contributed by atoms with van der Waals surface area (Å²) < 4.78 is 6.65. The van der Waals surface area contributed by atoms with Gasteiger partial charge in [0.15, 0.2) is 0 Å². The maximum atomic E-state index is 6.22. The lowest BCUT2D eigenvalue weighted by molar-refractivity contribution is 0.315. The van der Waals surface area contributed by atoms with E-state index in [1.54, 1.807) is 23.7 Å². The van der Waals surface area contributed by atoms with Gasteiger partial charge in [0, 0.05) is 11.1 Å². The Kier molecular flexibility index (Phi) is 4.74. The average Bonchev–Trinajstić information content (AvgIpc) is 2.82. The Morgan fingerprint density at radius 3 is 2.94 bits per heavy atom. The first-order chi connectivity index (χ1) is 8.70. The lowest BCUT2D eigenvalue weighted by Gasteiger charge is -2.11. The van der Waals surface area contributed by atoms with E-state index >= 15 is 0 Å². The molecule has 0 aliphatic heterocycles. The van der Waals surface area contributed by atoms with Crippen LogP contribution in [-0.2, 0) is 0 Å². The molecular weight excluding hydrogens is 312 g/mol. The molecule has 0 saturated carbocycles. The molecule has 18 heavy (non-hydrogen) atoms. The van der Waals surface area contributed by atoms with Gasteiger partial charge < -0.3 is 10.5 Å². The zero-order valence-electron chi connectivity index (χ0n) is 10.1. The Bertz CT molecular complexity index is 515. The second-order valence-corrected chi connectivity index (χ2v) is 6.42. The summed E-state index contributed by atoms with van der Waals surface area (Å²) in [7, 11) is 0. The quantitative estimate of drug-likeness (QED) is 0.910. The van der Waals surface area contributed by atoms with Gasteiger partial charge >= 0.3 is 0 Å². The molecule has 0 spiro atoms. The van der Waals surface area contributed by atoms with Gasteiger partial charge in [0.2, 0.25) is 0 Å². The molecule has 0 fully saturated rings. The maximum absolute atomic E-state index is 6.22. The normalized spacial score (nSPS) is 12.4. The number of pyridine rings is 1. The van der Waals surface area contributed by atoms with Crippen molar-refractivity contribution in [3.05, 3.63) is 44.8 Å². The molecule has 1 unspecified atom stereocenters. The van der Waals surface area contributed by atoms with Crippen LogP contribution >= 0.6 is 27.3 Å². The summed E-state index contributed by atoms with van der Waals surface area (Å²) in [4.78, 5) is 5.29. The molecule has 2 rings (SSSR count). The van der Waals surface area contributed by atoms with Gasteiger partial charge in [0.1, 0.15) is 5.75 Å². The Morgan fingerprint density at radius 1 is 1.44 bits per heavy atom. The minimum atomic E-state index is -0.154. The highest BCUT2D eigenvalue weighted by atomic mass is 79.9. The molecule has 96 valence electrons. The predicted octanol–water partition coefficient (Wildman–Crippen LogP) is 3.74. The molecule has 0 radical (unpaired) electrons. The topological polar surface area (TPSA) is 48.1 Å². The van der Waals surface area contributed by atoms with Crippen molar-refractivity contribution < 1.29 is 4.74 Å². The van der Waals surface area contributed by atoms with Gasteiger partial charge in [-0.15, -0.1) is 11.3 Å². The van der Waals surface area contributed by atoms with Crippen LogP contribution in [0.1, 0.15) is 29.8 Å². The molecule has 0 saturated heterocycles. The number of aromatic nitrogens is 1. The first-order valence-corrected chi connectivity index (χ1v) is 7.40. The van der Waals surface area contributed by atoms with Crippen LogP contribution in [0.15, 0.2) is 34.4 Å². The van der Waals surface area contributed by atoms with Gasteiger partial charge in [-0.1, -0.05) is 6.92 Å². The molecule has 0 amide bonds. The first-order valence-electron chi connectivity index (χ1n) is 5.79. The Balaban J connectivity index is 2.17. The molecule has 3 nitrogen and oxygen atoms in total. The highest BCUT2D eigenvalue weighted by Crippen LogP contribution is 2.30. The van der Waals surface area contributed by atoms with E-state index < -0.39 is 0 Å². The van der Waals surface area contributed by atoms with Crippen molar-refractivity contribution in [2.24, 2.45) is 5.73 Å². The molecule has 0 aromatic carbocycles. The fourth-order valence-corrected chi connectivity index (χ4v) is 3.02. The van der Waals surface area contributed by atoms with Crippen LogP contribution in [0.4, 0.5) is 0 Å². The predicted molar refractivity (Wildman–Crippen MR) is 78.1 cm³/mol. The van der Waals surface area contributed by atoms with E-state index in [0.29, 0.717) is 6.61 Å². The number of thiophene rings is 1. The molecule has 2 aromatic rings. The van der Waals surface area contributed by atoms with E-state index in [0.717, 1.165) is 26.4 Å². The van der Waals surface area contributed by atoms with Crippen LogP contribution in [0.3, 0.4) is 0 Å². The monoisotopic (exact) mass is 326 g/mol. The Hall–Kier alpha value is -0.910. The lowest BCUT2D eigenvalue weighted by Crippen LogP contribution is -2.10. The smallest absolute Gasteiger partial charge is 0.137 e. The van der Waals surface area contributed by atoms with Crippen LogP contribution in [0, 0.1) is 0 Å². The zero-order valence-corrected chi connectivity index (χ0v) is 12.5. The van der Waals surface area contributed by atoms with E-state index in [9.17, 15) is 0 Å². The summed E-state index contributed by atoms with van der Waals surface area (Å²) in [6.45, 7) is 2.77. The highest BCUT2D eigenvalue weighted by molar-refractivity contribution is 9.11. The largest absolute Gasteiger partial charge is 0.492 e. The number of nitrogens with two attached hydrogens (primary N) is 1. The summed E-state index contributed by atoms with van der Waals surface area (Å²) >= 11 is 5.08. The summed E-state index contributed by atoms with van der Waals surface area (Å²) in [6, 6.07) is 5.84. The van der Waals surface area contributed by atoms with Crippen molar-refractivity contribution in [2.45, 2.75) is 19.4 Å². The zero-order chi connectivity index (χ0) is 13.0. The van der Waals surface area contributed by atoms with Crippen LogP contribution in [0.5, 0.6) is 5.75 Å². The molecule has 2 heterocycles. The fourth-order valence-electron chi connectivity index (χ4n) is 1.56. The van der Waals surface area contributed by atoms with Crippen LogP contribution in [0.25, 0.3) is 0 Å². The molecule has 5 heteroatoms. The van der Waals surface area contributed by atoms with Crippen molar-refractivity contribution in [3.8, 4) is 5.75 Å². The van der Waals surface area contributed by atoms with E-state index in [2.05, 4.69) is 27.8 Å². The van der Waals surface area contributed by atoms with Gasteiger partial charge in [-0.3, -0.25) is 4.98 Å². The number of nitrogens with zero attached hydrogens (tertiary/aromatic N) is 1. The summed E-state index contributed by atoms with van der Waals surface area (Å²) in [5.41, 5.74) is 7.19. The molecule has 2 aromatic heterocycles. The van der Waals surface area contributed by atoms with Crippen LogP contribution < -0.4 is 10.5 Å². The fraction of sp³-hybridized carbons (Fsp3) is 0.308. The summed E-state index contributed by atoms with van der Waals surface area (Å²) in [5.74, 6) is 0.778. The molecular formula is C13H15BrN2OS. The first kappa shape index (κ1) is 13.5. The lowest BCUT2D eigenvalue weighted by atomic mass is 10.1. The molecule has 0 aliphatic rings. The van der Waals surface area contributed by atoms with Gasteiger partial charge in [0.05, 0.1) is 22.6 Å². The molecule has 2 N–H and O–H groups in total. The second kappa shape index (κ2) is 6.31. The minimum Gasteiger partial charge on any atom is -0.492 e. The third-order valence-electron chi connectivity index (χ3n) is 2.47. The molecule has 0 aliphatic carbocycles. The number of halogens is 1. The summed E-state index contributed by atoms with van der Waals surface area (Å²) in [5, 5.41) is 0. The third-order valence-corrected chi connectivity index (χ3v) is 4.17. The number of rotatable bonds is 5. The number of ether oxygens (including phenoxy) is 1. The Labute approximate surface area is 119 Å². The maximum Gasteiger partial charge on any atom is 0.137 e. The van der Waals surface area contributed by atoms with Crippen molar-refractivity contribution in [2.75, 3.05) is 6.61 Å². The van der Waals surface area contributed by atoms with Gasteiger partial charge in [-0.25, -0.2) is 0 Å². The van der Waals surface area contributed by atoms with Crippen molar-refractivity contribution in [1.29, 1.82) is 0 Å². The van der Waals surface area contributed by atoms with Crippen molar-refractivity contribution in [3.63, 3.8) is 0 Å². The van der Waals surface area contributed by atoms with E-state index in [4.69, 9.17) is 10.5 Å². The highest BCUT2D eigenvalue weighted by Gasteiger charge is 2.12. The minimum absolute atomic E-state index is 0.154. The third kappa shape index (κ3) is 3.31. The number of hydrogen-bond donors (Lipinski definition) is 1. The standard InChI is InChI=1S/C13H15BrN2OS/c1-2-5-17-10-6-9(7-16-8-10)13(15)11-3-4-12(14)18-11/h3-4,6-8,13H,2,5,15H2,1H3. The summed E-state index contributed by atoms with van der Waals surface area (Å²) in [6.07, 6.45) is 4.49. The van der Waals surface area contributed by atoms with E-state index in [1.165, 1.54) is 0 Å². The number of hydrogen-bond acceptors (Lipinski definition) is 4. The van der Waals surface area contributed by atoms with Gasteiger partial charge in [-0.05, 0) is 46.1 Å². The van der Waals surface area contributed by atoms with Crippen molar-refractivity contribution in [1.82, 2.24) is 4.98 Å². The Morgan fingerprint density at radius 2 is 2.28 bits per heavy atom. The van der Waals surface area contributed by atoms with E-state index in [-0.39, 0.29) is 6.04 Å². The second-order valence-electron chi connectivity index (χ2n) is 3.92. The van der Waals surface area contributed by atoms with Gasteiger partial charge in [-0.2, -0.15) is 0 Å².